The van der Waals surface area contributed by atoms with E-state index in [0.717, 1.165) is 5.69 Å². The van der Waals surface area contributed by atoms with Gasteiger partial charge in [0.15, 0.2) is 0 Å². The van der Waals surface area contributed by atoms with Crippen molar-refractivity contribution < 1.29 is 9.90 Å². The van der Waals surface area contributed by atoms with Crippen molar-refractivity contribution in [3.63, 3.8) is 0 Å². The summed E-state index contributed by atoms with van der Waals surface area (Å²) in [6.45, 7) is 0. The molecule has 19 heavy (non-hydrogen) atoms. The molecule has 2 rings (SSSR count). The lowest BCUT2D eigenvalue weighted by molar-refractivity contribution is -0.138. The number of carboxylic acids is 1. The molecule has 1 aromatic heterocycles. The number of tetrazole rings is 1. The van der Waals surface area contributed by atoms with Gasteiger partial charge in [0.05, 0.1) is 5.69 Å². The molecular formula is C11H13N5O2S. The van der Waals surface area contributed by atoms with Crippen LogP contribution in [0.4, 0.5) is 0 Å². The number of likely N-dealkylation sites (N-methyl/N-ethyl adjacent to an activating group) is 1. The second-order valence-electron chi connectivity index (χ2n) is 3.70. The maximum Gasteiger partial charge on any atom is 0.321 e. The molecule has 7 nitrogen and oxygen atoms in total. The molecule has 2 N–H and O–H groups in total. The van der Waals surface area contributed by atoms with Gasteiger partial charge in [-0.1, -0.05) is 30.0 Å². The molecule has 1 atom stereocenters. The van der Waals surface area contributed by atoms with Crippen LogP contribution in [0.1, 0.15) is 0 Å². The summed E-state index contributed by atoms with van der Waals surface area (Å²) >= 11 is 1.29. The van der Waals surface area contributed by atoms with Gasteiger partial charge < -0.3 is 10.4 Å². The number of nitrogens with zero attached hydrogens (tertiary/aromatic N) is 4. The Balaban J connectivity index is 2.11. The molecule has 8 heteroatoms. The van der Waals surface area contributed by atoms with Crippen LogP contribution in [-0.4, -0.2) is 50.1 Å². The van der Waals surface area contributed by atoms with Crippen LogP contribution < -0.4 is 5.32 Å². The maximum absolute atomic E-state index is 10.9. The number of thioether (sulfide) groups is 1. The standard InChI is InChI=1S/C11H13N5O2S/c1-12-9(10(17)18)7-19-11-13-14-15-16(11)8-5-3-2-4-6-8/h2-6,9,12H,7H2,1H3,(H,17,18). The van der Waals surface area contributed by atoms with E-state index >= 15 is 0 Å². The summed E-state index contributed by atoms with van der Waals surface area (Å²) in [7, 11) is 1.61. The van der Waals surface area contributed by atoms with Crippen LogP contribution in [0.2, 0.25) is 0 Å². The van der Waals surface area contributed by atoms with Crippen molar-refractivity contribution in [2.24, 2.45) is 0 Å². The molecule has 100 valence electrons. The van der Waals surface area contributed by atoms with Crippen LogP contribution in [0.5, 0.6) is 0 Å². The number of aromatic nitrogens is 4. The van der Waals surface area contributed by atoms with Crippen LogP contribution >= 0.6 is 11.8 Å². The molecule has 1 heterocycles. The zero-order valence-corrected chi connectivity index (χ0v) is 11.0. The van der Waals surface area contributed by atoms with Crippen LogP contribution in [0.3, 0.4) is 0 Å². The summed E-state index contributed by atoms with van der Waals surface area (Å²) in [5.41, 5.74) is 0.839. The van der Waals surface area contributed by atoms with E-state index in [0.29, 0.717) is 10.9 Å². The first-order valence-electron chi connectivity index (χ1n) is 5.59. The number of carbonyl (C=O) groups is 1. The van der Waals surface area contributed by atoms with Gasteiger partial charge in [-0.25, -0.2) is 0 Å². The second-order valence-corrected chi connectivity index (χ2v) is 4.69. The molecule has 2 aromatic rings. The Kier molecular flexibility index (Phi) is 4.48. The van der Waals surface area contributed by atoms with E-state index in [4.69, 9.17) is 5.11 Å². The van der Waals surface area contributed by atoms with Gasteiger partial charge in [0, 0.05) is 5.75 Å². The number of benzene rings is 1. The Morgan fingerprint density at radius 3 is 2.84 bits per heavy atom. The summed E-state index contributed by atoms with van der Waals surface area (Å²) in [5, 5.41) is 23.7. The number of hydrogen-bond acceptors (Lipinski definition) is 6. The van der Waals surface area contributed by atoms with E-state index in [2.05, 4.69) is 20.8 Å². The number of aliphatic carboxylic acids is 1. The zero-order chi connectivity index (χ0) is 13.7. The maximum atomic E-state index is 10.9. The summed E-state index contributed by atoms with van der Waals surface area (Å²) in [5.74, 6) is -0.548. The molecule has 0 fully saturated rings. The number of hydrogen-bond donors (Lipinski definition) is 2. The molecule has 1 aromatic carbocycles. The number of carboxylic acid groups (broad SMARTS) is 1. The first-order valence-corrected chi connectivity index (χ1v) is 6.57. The Bertz CT molecular complexity index is 545. The molecule has 0 aliphatic rings. The second kappa shape index (κ2) is 6.30. The lowest BCUT2D eigenvalue weighted by atomic mass is 10.3. The molecule has 0 aliphatic carbocycles. The Labute approximate surface area is 114 Å². The van der Waals surface area contributed by atoms with E-state index in [9.17, 15) is 4.79 Å². The minimum atomic E-state index is -0.895. The van der Waals surface area contributed by atoms with E-state index < -0.39 is 12.0 Å². The first kappa shape index (κ1) is 13.5. The fraction of sp³-hybridized carbons (Fsp3) is 0.273. The van der Waals surface area contributed by atoms with Crippen molar-refractivity contribution in [2.45, 2.75) is 11.2 Å². The SMILES string of the molecule is CNC(CSc1nnnn1-c1ccccc1)C(=O)O. The normalized spacial score (nSPS) is 12.3. The van der Waals surface area contributed by atoms with Gasteiger partial charge in [0.1, 0.15) is 6.04 Å². The number of para-hydroxylation sites is 1. The number of nitrogens with one attached hydrogen (secondary N) is 1. The molecule has 0 amide bonds. The molecular weight excluding hydrogens is 266 g/mol. The van der Waals surface area contributed by atoms with Gasteiger partial charge in [-0.3, -0.25) is 4.79 Å². The lowest BCUT2D eigenvalue weighted by Gasteiger charge is -2.10. The van der Waals surface area contributed by atoms with E-state index in [1.807, 2.05) is 30.3 Å². The third kappa shape index (κ3) is 3.30. The predicted octanol–water partition coefficient (Wildman–Crippen LogP) is 0.427. The summed E-state index contributed by atoms with van der Waals surface area (Å²) in [6.07, 6.45) is 0. The molecule has 0 bridgehead atoms. The van der Waals surface area contributed by atoms with Gasteiger partial charge in [-0.15, -0.1) is 5.10 Å². The highest BCUT2D eigenvalue weighted by atomic mass is 32.2. The van der Waals surface area contributed by atoms with Gasteiger partial charge in [-0.05, 0) is 29.6 Å². The van der Waals surface area contributed by atoms with Crippen molar-refractivity contribution in [1.82, 2.24) is 25.5 Å². The molecule has 0 spiro atoms. The van der Waals surface area contributed by atoms with Crippen molar-refractivity contribution in [1.29, 1.82) is 0 Å². The van der Waals surface area contributed by atoms with Crippen molar-refractivity contribution >= 4 is 17.7 Å². The van der Waals surface area contributed by atoms with E-state index in [1.54, 1.807) is 11.7 Å². The summed E-state index contributed by atoms with van der Waals surface area (Å²) in [4.78, 5) is 10.9. The third-order valence-corrected chi connectivity index (χ3v) is 3.48. The highest BCUT2D eigenvalue weighted by molar-refractivity contribution is 7.99. The Hall–Kier alpha value is -1.93. The van der Waals surface area contributed by atoms with Crippen molar-refractivity contribution in [3.05, 3.63) is 30.3 Å². The lowest BCUT2D eigenvalue weighted by Crippen LogP contribution is -2.36. The average Bonchev–Trinajstić information content (AvgIpc) is 2.88. The highest BCUT2D eigenvalue weighted by Crippen LogP contribution is 2.18. The minimum Gasteiger partial charge on any atom is -0.480 e. The fourth-order valence-corrected chi connectivity index (χ4v) is 2.42. The van der Waals surface area contributed by atoms with Crippen molar-refractivity contribution in [3.8, 4) is 5.69 Å². The molecule has 0 aliphatic heterocycles. The molecule has 0 saturated carbocycles. The van der Waals surface area contributed by atoms with Gasteiger partial charge in [0.25, 0.3) is 0 Å². The van der Waals surface area contributed by atoms with Crippen LogP contribution in [0.25, 0.3) is 5.69 Å². The topological polar surface area (TPSA) is 92.9 Å². The summed E-state index contributed by atoms with van der Waals surface area (Å²) in [6, 6.07) is 8.81. The van der Waals surface area contributed by atoms with Crippen LogP contribution in [-0.2, 0) is 4.79 Å². The quantitative estimate of drug-likeness (QED) is 0.740. The first-order chi connectivity index (χ1) is 9.22. The van der Waals surface area contributed by atoms with Gasteiger partial charge in [0.2, 0.25) is 5.16 Å². The van der Waals surface area contributed by atoms with Crippen LogP contribution in [0.15, 0.2) is 35.5 Å². The molecule has 0 radical (unpaired) electrons. The smallest absolute Gasteiger partial charge is 0.321 e. The Morgan fingerprint density at radius 1 is 1.47 bits per heavy atom. The van der Waals surface area contributed by atoms with Gasteiger partial charge >= 0.3 is 5.97 Å². The van der Waals surface area contributed by atoms with E-state index in [1.165, 1.54) is 11.8 Å². The fourth-order valence-electron chi connectivity index (χ4n) is 1.44. The van der Waals surface area contributed by atoms with Crippen molar-refractivity contribution in [2.75, 3.05) is 12.8 Å². The largest absolute Gasteiger partial charge is 0.480 e. The monoisotopic (exact) mass is 279 g/mol. The molecule has 1 unspecified atom stereocenters. The zero-order valence-electron chi connectivity index (χ0n) is 10.2. The number of rotatable bonds is 6. The third-order valence-electron chi connectivity index (χ3n) is 2.47. The van der Waals surface area contributed by atoms with Crippen LogP contribution in [0, 0.1) is 0 Å². The van der Waals surface area contributed by atoms with Gasteiger partial charge in [-0.2, -0.15) is 4.68 Å². The predicted molar refractivity (Wildman–Crippen MR) is 70.4 cm³/mol. The van der Waals surface area contributed by atoms with E-state index in [-0.39, 0.29) is 0 Å². The highest BCUT2D eigenvalue weighted by Gasteiger charge is 2.17. The minimum absolute atomic E-state index is 0.346. The Morgan fingerprint density at radius 2 is 2.21 bits per heavy atom. The average molecular weight is 279 g/mol. The summed E-state index contributed by atoms with van der Waals surface area (Å²) < 4.78 is 1.58. The molecule has 0 saturated heterocycles.